The molecule has 2 nitrogen and oxygen atoms in total. The highest BCUT2D eigenvalue weighted by Crippen LogP contribution is 2.35. The minimum Gasteiger partial charge on any atom is -0.383 e. The molecular weight excluding hydrogens is 207 g/mol. The molecular formula is C14H19BN2. The minimum absolute atomic E-state index is 0.156. The molecule has 17 heavy (non-hydrogen) atoms. The van der Waals surface area contributed by atoms with E-state index >= 15 is 0 Å². The topological polar surface area (TPSA) is 15.6 Å². The molecule has 0 spiro atoms. The van der Waals surface area contributed by atoms with Gasteiger partial charge in [-0.25, -0.2) is 4.99 Å². The Morgan fingerprint density at radius 2 is 1.94 bits per heavy atom. The van der Waals surface area contributed by atoms with Crippen LogP contribution in [0.1, 0.15) is 38.8 Å². The number of benzene rings is 1. The van der Waals surface area contributed by atoms with Crippen molar-refractivity contribution in [1.82, 2.24) is 4.81 Å². The van der Waals surface area contributed by atoms with Crippen molar-refractivity contribution in [1.29, 1.82) is 0 Å². The second kappa shape index (κ2) is 3.76. The smallest absolute Gasteiger partial charge is 0.225 e. The van der Waals surface area contributed by atoms with E-state index in [2.05, 4.69) is 50.5 Å². The monoisotopic (exact) mass is 226 g/mol. The molecule has 0 aromatic heterocycles. The molecule has 0 saturated carbocycles. The van der Waals surface area contributed by atoms with Gasteiger partial charge in [-0.2, -0.15) is 0 Å². The predicted octanol–water partition coefficient (Wildman–Crippen LogP) is 2.87. The maximum Gasteiger partial charge on any atom is 0.225 e. The van der Waals surface area contributed by atoms with Gasteiger partial charge in [-0.3, -0.25) is 0 Å². The molecule has 1 aliphatic heterocycles. The summed E-state index contributed by atoms with van der Waals surface area (Å²) in [7, 11) is 2.00. The van der Waals surface area contributed by atoms with Gasteiger partial charge in [0.2, 0.25) is 7.98 Å². The van der Waals surface area contributed by atoms with Crippen LogP contribution in [-0.2, 0) is 5.41 Å². The van der Waals surface area contributed by atoms with Gasteiger partial charge in [-0.05, 0) is 24.0 Å². The molecule has 0 atom stereocenters. The predicted molar refractivity (Wildman–Crippen MR) is 77.3 cm³/mol. The van der Waals surface area contributed by atoms with Crippen molar-refractivity contribution in [2.75, 3.05) is 0 Å². The van der Waals surface area contributed by atoms with Crippen molar-refractivity contribution in [3.05, 3.63) is 35.9 Å². The van der Waals surface area contributed by atoms with Gasteiger partial charge in [-0.15, -0.1) is 0 Å². The second-order valence-corrected chi connectivity index (χ2v) is 5.65. The SMILES string of the molecule is BN1C(=C)c2ccc(C(C)(C)C)cc2N=C1C. The molecule has 1 heterocycles. The zero-order chi connectivity index (χ0) is 12.8. The van der Waals surface area contributed by atoms with E-state index in [0.717, 1.165) is 22.8 Å². The summed E-state index contributed by atoms with van der Waals surface area (Å²) in [5.41, 5.74) is 4.66. The maximum absolute atomic E-state index is 4.63. The lowest BCUT2D eigenvalue weighted by Gasteiger charge is -2.29. The van der Waals surface area contributed by atoms with Crippen LogP contribution >= 0.6 is 0 Å². The fourth-order valence-electron chi connectivity index (χ4n) is 1.96. The van der Waals surface area contributed by atoms with Gasteiger partial charge in [0.25, 0.3) is 0 Å². The zero-order valence-corrected chi connectivity index (χ0v) is 11.3. The number of rotatable bonds is 0. The van der Waals surface area contributed by atoms with E-state index in [1.807, 2.05) is 19.7 Å². The third kappa shape index (κ3) is 2.02. The minimum atomic E-state index is 0.156. The lowest BCUT2D eigenvalue weighted by atomic mass is 9.85. The van der Waals surface area contributed by atoms with Crippen LogP contribution in [0.15, 0.2) is 29.8 Å². The van der Waals surface area contributed by atoms with Gasteiger partial charge in [0.05, 0.1) is 11.5 Å². The molecule has 1 aromatic rings. The Kier molecular flexibility index (Phi) is 2.65. The first-order chi connectivity index (χ1) is 7.80. The highest BCUT2D eigenvalue weighted by Gasteiger charge is 2.20. The van der Waals surface area contributed by atoms with Gasteiger partial charge in [0.15, 0.2) is 0 Å². The first-order valence-corrected chi connectivity index (χ1v) is 5.93. The van der Waals surface area contributed by atoms with E-state index in [0.29, 0.717) is 0 Å². The molecule has 88 valence electrons. The Morgan fingerprint density at radius 3 is 2.53 bits per heavy atom. The summed E-state index contributed by atoms with van der Waals surface area (Å²) < 4.78 is 0. The standard InChI is InChI=1S/C14H19BN2/c1-9-12-7-6-11(14(3,4)5)8-13(12)16-10(2)17(9)15/h6-8H,1,15H2,2-5H3. The lowest BCUT2D eigenvalue weighted by Crippen LogP contribution is -2.26. The summed E-state index contributed by atoms with van der Waals surface area (Å²) in [5, 5.41) is 0. The maximum atomic E-state index is 4.63. The van der Waals surface area contributed by atoms with Crippen LogP contribution in [0.2, 0.25) is 0 Å². The summed E-state index contributed by atoms with van der Waals surface area (Å²) in [6.45, 7) is 12.8. The Hall–Kier alpha value is -1.51. The van der Waals surface area contributed by atoms with Crippen LogP contribution < -0.4 is 0 Å². The van der Waals surface area contributed by atoms with E-state index in [-0.39, 0.29) is 5.41 Å². The molecule has 0 aliphatic carbocycles. The van der Waals surface area contributed by atoms with Crippen molar-refractivity contribution in [3.63, 3.8) is 0 Å². The molecule has 0 amide bonds. The Morgan fingerprint density at radius 1 is 1.29 bits per heavy atom. The number of hydrogen-bond donors (Lipinski definition) is 0. The Labute approximate surface area is 104 Å². The number of amidine groups is 1. The summed E-state index contributed by atoms with van der Waals surface area (Å²) in [5.74, 6) is 0.994. The van der Waals surface area contributed by atoms with E-state index in [4.69, 9.17) is 0 Å². The lowest BCUT2D eigenvalue weighted by molar-refractivity contribution is 0.590. The fourth-order valence-corrected chi connectivity index (χ4v) is 1.96. The molecule has 0 radical (unpaired) electrons. The van der Waals surface area contributed by atoms with E-state index in [1.54, 1.807) is 0 Å². The Balaban J connectivity index is 2.57. The quantitative estimate of drug-likeness (QED) is 0.621. The van der Waals surface area contributed by atoms with Crippen molar-refractivity contribution in [3.8, 4) is 0 Å². The highest BCUT2D eigenvalue weighted by molar-refractivity contribution is 6.22. The molecule has 0 bridgehead atoms. The summed E-state index contributed by atoms with van der Waals surface area (Å²) in [6, 6.07) is 6.48. The Bertz CT molecular complexity index is 509. The van der Waals surface area contributed by atoms with Gasteiger partial charge in [0.1, 0.15) is 0 Å². The van der Waals surface area contributed by atoms with Crippen LogP contribution in [-0.4, -0.2) is 18.6 Å². The second-order valence-electron chi connectivity index (χ2n) is 5.65. The number of hydrogen-bond acceptors (Lipinski definition) is 2. The third-order valence-electron chi connectivity index (χ3n) is 3.35. The number of fused-ring (bicyclic) bond motifs is 1. The molecule has 2 rings (SSSR count). The van der Waals surface area contributed by atoms with Crippen LogP contribution in [0.4, 0.5) is 5.69 Å². The van der Waals surface area contributed by atoms with Crippen LogP contribution in [0.3, 0.4) is 0 Å². The summed E-state index contributed by atoms with van der Waals surface area (Å²) in [4.78, 5) is 6.66. The molecule has 1 aromatic carbocycles. The van der Waals surface area contributed by atoms with E-state index < -0.39 is 0 Å². The zero-order valence-electron chi connectivity index (χ0n) is 11.3. The largest absolute Gasteiger partial charge is 0.383 e. The van der Waals surface area contributed by atoms with Gasteiger partial charge >= 0.3 is 0 Å². The molecule has 0 unspecified atom stereocenters. The fraction of sp³-hybridized carbons (Fsp3) is 0.357. The van der Waals surface area contributed by atoms with Gasteiger partial charge in [-0.1, -0.05) is 39.5 Å². The van der Waals surface area contributed by atoms with Gasteiger partial charge < -0.3 is 4.81 Å². The highest BCUT2D eigenvalue weighted by atomic mass is 15.1. The third-order valence-corrected chi connectivity index (χ3v) is 3.35. The van der Waals surface area contributed by atoms with E-state index in [1.165, 1.54) is 5.56 Å². The molecule has 0 N–H and O–H groups in total. The summed E-state index contributed by atoms with van der Waals surface area (Å²) >= 11 is 0. The first-order valence-electron chi connectivity index (χ1n) is 5.93. The number of aliphatic imine (C=N–C) groups is 1. The summed E-state index contributed by atoms with van der Waals surface area (Å²) in [6.07, 6.45) is 0. The first kappa shape index (κ1) is 12.0. The molecule has 3 heteroatoms. The molecule has 0 fully saturated rings. The normalized spacial score (nSPS) is 15.6. The van der Waals surface area contributed by atoms with E-state index in [9.17, 15) is 0 Å². The average molecular weight is 226 g/mol. The van der Waals surface area contributed by atoms with Crippen molar-refractivity contribution in [2.45, 2.75) is 33.1 Å². The average Bonchev–Trinajstić information content (AvgIpc) is 2.24. The number of nitrogens with zero attached hydrogens (tertiary/aromatic N) is 2. The van der Waals surface area contributed by atoms with Crippen molar-refractivity contribution < 1.29 is 0 Å². The molecule has 0 saturated heterocycles. The van der Waals surface area contributed by atoms with Crippen molar-refractivity contribution >= 4 is 25.2 Å². The van der Waals surface area contributed by atoms with Crippen LogP contribution in [0, 0.1) is 0 Å². The molecule has 1 aliphatic rings. The van der Waals surface area contributed by atoms with Crippen LogP contribution in [0.25, 0.3) is 5.70 Å². The van der Waals surface area contributed by atoms with Crippen LogP contribution in [0.5, 0.6) is 0 Å². The van der Waals surface area contributed by atoms with Gasteiger partial charge in [0, 0.05) is 11.3 Å². The van der Waals surface area contributed by atoms with Crippen molar-refractivity contribution in [2.24, 2.45) is 4.99 Å².